The van der Waals surface area contributed by atoms with E-state index in [4.69, 9.17) is 0 Å². The number of anilines is 1. The highest BCUT2D eigenvalue weighted by atomic mass is 32.1. The number of carbonyl (C=O) groups is 1. The van der Waals surface area contributed by atoms with E-state index in [-0.39, 0.29) is 11.6 Å². The Bertz CT molecular complexity index is 436. The number of rotatable bonds is 2. The lowest BCUT2D eigenvalue weighted by atomic mass is 10.4. The SMILES string of the molecule is Cc1csc(NC(=O)c2cnon2)n1. The summed E-state index contributed by atoms with van der Waals surface area (Å²) in [4.78, 5) is 15.4. The van der Waals surface area contributed by atoms with Gasteiger partial charge in [-0.2, -0.15) is 0 Å². The first-order chi connectivity index (χ1) is 6.75. The lowest BCUT2D eigenvalue weighted by molar-refractivity contribution is 0.101. The third kappa shape index (κ3) is 1.77. The number of aryl methyl sites for hydroxylation is 1. The number of aromatic nitrogens is 3. The van der Waals surface area contributed by atoms with Crippen LogP contribution in [0, 0.1) is 6.92 Å². The number of hydrogen-bond acceptors (Lipinski definition) is 6. The lowest BCUT2D eigenvalue weighted by Crippen LogP contribution is -2.11. The van der Waals surface area contributed by atoms with Crippen molar-refractivity contribution in [3.63, 3.8) is 0 Å². The molecule has 0 aliphatic rings. The second-order valence-electron chi connectivity index (χ2n) is 2.54. The number of carbonyl (C=O) groups excluding carboxylic acids is 1. The molecule has 1 N–H and O–H groups in total. The van der Waals surface area contributed by atoms with Gasteiger partial charge in [-0.25, -0.2) is 9.61 Å². The van der Waals surface area contributed by atoms with Gasteiger partial charge in [0.2, 0.25) is 0 Å². The van der Waals surface area contributed by atoms with E-state index in [9.17, 15) is 4.79 Å². The Morgan fingerprint density at radius 1 is 1.64 bits per heavy atom. The number of nitrogens with one attached hydrogen (secondary N) is 1. The quantitative estimate of drug-likeness (QED) is 0.802. The topological polar surface area (TPSA) is 80.9 Å². The Morgan fingerprint density at radius 3 is 3.07 bits per heavy atom. The predicted molar refractivity (Wildman–Crippen MR) is 49.1 cm³/mol. The van der Waals surface area contributed by atoms with Crippen LogP contribution in [0.5, 0.6) is 0 Å². The van der Waals surface area contributed by atoms with E-state index in [1.807, 2.05) is 12.3 Å². The lowest BCUT2D eigenvalue weighted by Gasteiger charge is -1.94. The third-order valence-corrected chi connectivity index (χ3v) is 2.31. The summed E-state index contributed by atoms with van der Waals surface area (Å²) in [7, 11) is 0. The van der Waals surface area contributed by atoms with Gasteiger partial charge in [0.25, 0.3) is 5.91 Å². The molecule has 14 heavy (non-hydrogen) atoms. The van der Waals surface area contributed by atoms with Gasteiger partial charge in [-0.3, -0.25) is 10.1 Å². The van der Waals surface area contributed by atoms with Crippen LogP contribution in [-0.4, -0.2) is 21.2 Å². The molecule has 1 amide bonds. The fourth-order valence-electron chi connectivity index (χ4n) is 0.837. The molecule has 0 fully saturated rings. The van der Waals surface area contributed by atoms with Crippen LogP contribution in [0.3, 0.4) is 0 Å². The fourth-order valence-corrected chi connectivity index (χ4v) is 1.52. The largest absolute Gasteiger partial charge is 0.296 e. The molecule has 0 radical (unpaired) electrons. The smallest absolute Gasteiger partial charge is 0.281 e. The van der Waals surface area contributed by atoms with Crippen molar-refractivity contribution >= 4 is 22.4 Å². The fraction of sp³-hybridized carbons (Fsp3) is 0.143. The van der Waals surface area contributed by atoms with Crippen LogP contribution in [0.25, 0.3) is 0 Å². The molecule has 0 saturated carbocycles. The highest BCUT2D eigenvalue weighted by Gasteiger charge is 2.11. The van der Waals surface area contributed by atoms with Gasteiger partial charge >= 0.3 is 0 Å². The second kappa shape index (κ2) is 3.54. The average molecular weight is 210 g/mol. The third-order valence-electron chi connectivity index (χ3n) is 1.43. The highest BCUT2D eigenvalue weighted by Crippen LogP contribution is 2.14. The molecule has 0 aliphatic heterocycles. The van der Waals surface area contributed by atoms with Gasteiger partial charge in [0, 0.05) is 5.38 Å². The number of thiazole rings is 1. The van der Waals surface area contributed by atoms with Crippen molar-refractivity contribution in [1.82, 2.24) is 15.3 Å². The minimum absolute atomic E-state index is 0.137. The van der Waals surface area contributed by atoms with Gasteiger partial charge in [-0.1, -0.05) is 5.16 Å². The van der Waals surface area contributed by atoms with Gasteiger partial charge in [-0.15, -0.1) is 11.3 Å². The minimum Gasteiger partial charge on any atom is -0.296 e. The van der Waals surface area contributed by atoms with Crippen LogP contribution in [0.15, 0.2) is 16.2 Å². The van der Waals surface area contributed by atoms with Crippen LogP contribution in [0.1, 0.15) is 16.2 Å². The summed E-state index contributed by atoms with van der Waals surface area (Å²) >= 11 is 1.35. The Balaban J connectivity index is 2.09. The molecule has 0 unspecified atom stereocenters. The molecular formula is C7H6N4O2S. The average Bonchev–Trinajstić information content (AvgIpc) is 2.75. The van der Waals surface area contributed by atoms with Crippen LogP contribution in [0.4, 0.5) is 5.13 Å². The monoisotopic (exact) mass is 210 g/mol. The van der Waals surface area contributed by atoms with Crippen molar-refractivity contribution in [1.29, 1.82) is 0 Å². The number of nitrogens with zero attached hydrogens (tertiary/aromatic N) is 3. The summed E-state index contributed by atoms with van der Waals surface area (Å²) in [5.41, 5.74) is 1.00. The number of amides is 1. The first-order valence-corrected chi connectivity index (χ1v) is 4.65. The normalized spacial score (nSPS) is 10.1. The summed E-state index contributed by atoms with van der Waals surface area (Å²) < 4.78 is 4.30. The van der Waals surface area contributed by atoms with Crippen LogP contribution in [0.2, 0.25) is 0 Å². The zero-order valence-corrected chi connectivity index (χ0v) is 8.04. The molecule has 0 spiro atoms. The maximum atomic E-state index is 11.4. The number of hydrogen-bond donors (Lipinski definition) is 1. The molecule has 0 aliphatic carbocycles. The van der Waals surface area contributed by atoms with E-state index in [0.29, 0.717) is 5.13 Å². The zero-order chi connectivity index (χ0) is 9.97. The Kier molecular flexibility index (Phi) is 2.23. The van der Waals surface area contributed by atoms with E-state index in [1.54, 1.807) is 0 Å². The van der Waals surface area contributed by atoms with Crippen molar-refractivity contribution in [3.8, 4) is 0 Å². The molecule has 6 nitrogen and oxygen atoms in total. The van der Waals surface area contributed by atoms with Crippen molar-refractivity contribution in [2.75, 3.05) is 5.32 Å². The summed E-state index contributed by atoms with van der Waals surface area (Å²) in [5.74, 6) is -0.374. The molecule has 2 aromatic rings. The molecule has 2 rings (SSSR count). The van der Waals surface area contributed by atoms with E-state index in [1.165, 1.54) is 17.5 Å². The Labute approximate surface area is 82.9 Å². The standard InChI is InChI=1S/C7H6N4O2S/c1-4-3-14-7(9-4)10-6(12)5-2-8-13-11-5/h2-3H,1H3,(H,9,10,12). The van der Waals surface area contributed by atoms with Crippen LogP contribution < -0.4 is 5.32 Å². The highest BCUT2D eigenvalue weighted by molar-refractivity contribution is 7.13. The van der Waals surface area contributed by atoms with E-state index < -0.39 is 0 Å². The van der Waals surface area contributed by atoms with E-state index in [2.05, 4.69) is 25.2 Å². The van der Waals surface area contributed by atoms with Crippen molar-refractivity contribution < 1.29 is 9.42 Å². The molecule has 0 aromatic carbocycles. The van der Waals surface area contributed by atoms with Crippen LogP contribution in [-0.2, 0) is 0 Å². The summed E-state index contributed by atoms with van der Waals surface area (Å²) in [5, 5.41) is 11.7. The van der Waals surface area contributed by atoms with Crippen molar-refractivity contribution in [2.45, 2.75) is 6.92 Å². The maximum absolute atomic E-state index is 11.4. The predicted octanol–water partition coefficient (Wildman–Crippen LogP) is 1.09. The molecule has 0 saturated heterocycles. The zero-order valence-electron chi connectivity index (χ0n) is 7.22. The molecule has 2 heterocycles. The molecule has 2 aromatic heterocycles. The summed E-state index contributed by atoms with van der Waals surface area (Å²) in [6.07, 6.45) is 1.25. The van der Waals surface area contributed by atoms with Gasteiger partial charge in [0.1, 0.15) is 6.20 Å². The van der Waals surface area contributed by atoms with Gasteiger partial charge in [-0.05, 0) is 12.1 Å². The Hall–Kier alpha value is -1.76. The second-order valence-corrected chi connectivity index (χ2v) is 3.40. The molecule has 0 atom stereocenters. The summed E-state index contributed by atoms with van der Waals surface area (Å²) in [6, 6.07) is 0. The van der Waals surface area contributed by atoms with Gasteiger partial charge < -0.3 is 0 Å². The van der Waals surface area contributed by atoms with E-state index in [0.717, 1.165) is 5.69 Å². The first kappa shape index (κ1) is 8.82. The minimum atomic E-state index is -0.374. The summed E-state index contributed by atoms with van der Waals surface area (Å²) in [6.45, 7) is 1.85. The molecule has 7 heteroatoms. The Morgan fingerprint density at radius 2 is 2.50 bits per heavy atom. The van der Waals surface area contributed by atoms with Gasteiger partial charge in [0.15, 0.2) is 10.8 Å². The maximum Gasteiger partial charge on any atom is 0.281 e. The van der Waals surface area contributed by atoms with Gasteiger partial charge in [0.05, 0.1) is 5.69 Å². The van der Waals surface area contributed by atoms with Crippen molar-refractivity contribution in [3.05, 3.63) is 23.0 Å². The van der Waals surface area contributed by atoms with Crippen molar-refractivity contribution in [2.24, 2.45) is 0 Å². The van der Waals surface area contributed by atoms with E-state index >= 15 is 0 Å². The molecule has 0 bridgehead atoms. The molecular weight excluding hydrogens is 204 g/mol. The first-order valence-electron chi connectivity index (χ1n) is 3.77. The molecule has 72 valence electrons. The van der Waals surface area contributed by atoms with Crippen LogP contribution >= 0.6 is 11.3 Å².